The topological polar surface area (TPSA) is 49.9 Å². The van der Waals surface area contributed by atoms with E-state index in [0.29, 0.717) is 25.6 Å². The molecule has 5 heteroatoms. The molecule has 1 atom stereocenters. The maximum Gasteiger partial charge on any atom is 0.251 e. The molecule has 0 aromatic carbocycles. The van der Waals surface area contributed by atoms with E-state index in [1.807, 2.05) is 9.80 Å². The van der Waals surface area contributed by atoms with Gasteiger partial charge in [-0.1, -0.05) is 0 Å². The molecule has 3 heterocycles. The highest BCUT2D eigenvalue weighted by molar-refractivity contribution is 5.82. The molecular formula is C15H24N2O3. The second kappa shape index (κ2) is 6.12. The van der Waals surface area contributed by atoms with Gasteiger partial charge in [0.2, 0.25) is 5.91 Å². The van der Waals surface area contributed by atoms with E-state index >= 15 is 0 Å². The normalized spacial score (nSPS) is 28.1. The van der Waals surface area contributed by atoms with E-state index < -0.39 is 0 Å². The maximum absolute atomic E-state index is 12.3. The quantitative estimate of drug-likeness (QED) is 0.759. The molecule has 3 fully saturated rings. The van der Waals surface area contributed by atoms with Crippen LogP contribution >= 0.6 is 0 Å². The largest absolute Gasteiger partial charge is 0.368 e. The lowest BCUT2D eigenvalue weighted by Gasteiger charge is -2.34. The monoisotopic (exact) mass is 280 g/mol. The first-order valence-electron chi connectivity index (χ1n) is 7.95. The van der Waals surface area contributed by atoms with Crippen molar-refractivity contribution in [3.8, 4) is 0 Å². The van der Waals surface area contributed by atoms with Crippen molar-refractivity contribution in [1.82, 2.24) is 9.80 Å². The van der Waals surface area contributed by atoms with Gasteiger partial charge >= 0.3 is 0 Å². The molecule has 3 rings (SSSR count). The van der Waals surface area contributed by atoms with Crippen LogP contribution in [0.15, 0.2) is 0 Å². The van der Waals surface area contributed by atoms with Crippen molar-refractivity contribution in [2.75, 3.05) is 32.8 Å². The zero-order valence-corrected chi connectivity index (χ0v) is 12.1. The Bertz CT molecular complexity index is 329. The molecule has 0 aromatic heterocycles. The van der Waals surface area contributed by atoms with Gasteiger partial charge in [0, 0.05) is 38.7 Å². The Kier molecular flexibility index (Phi) is 4.24. The van der Waals surface area contributed by atoms with Gasteiger partial charge < -0.3 is 14.5 Å². The van der Waals surface area contributed by atoms with Gasteiger partial charge in [-0.05, 0) is 38.5 Å². The third kappa shape index (κ3) is 2.82. The molecule has 0 N–H and O–H groups in total. The summed E-state index contributed by atoms with van der Waals surface area (Å²) in [4.78, 5) is 28.5. The van der Waals surface area contributed by atoms with Crippen molar-refractivity contribution in [2.45, 2.75) is 44.6 Å². The second-order valence-corrected chi connectivity index (χ2v) is 6.13. The first kappa shape index (κ1) is 13.9. The molecule has 5 nitrogen and oxygen atoms in total. The van der Waals surface area contributed by atoms with E-state index in [0.717, 1.165) is 51.6 Å². The molecule has 0 spiro atoms. The molecule has 0 saturated carbocycles. The Morgan fingerprint density at radius 1 is 0.800 bits per heavy atom. The SMILES string of the molecule is O=C(C1CCN(C(=O)C2CCCO2)CC1)N1CCCC1. The van der Waals surface area contributed by atoms with Gasteiger partial charge in [0.25, 0.3) is 5.91 Å². The van der Waals surface area contributed by atoms with Gasteiger partial charge in [-0.3, -0.25) is 9.59 Å². The average molecular weight is 280 g/mol. The van der Waals surface area contributed by atoms with Crippen LogP contribution in [-0.2, 0) is 14.3 Å². The predicted octanol–water partition coefficient (Wildman–Crippen LogP) is 1.03. The van der Waals surface area contributed by atoms with Gasteiger partial charge in [0.15, 0.2) is 0 Å². The molecule has 2 amide bonds. The van der Waals surface area contributed by atoms with Gasteiger partial charge in [-0.15, -0.1) is 0 Å². The van der Waals surface area contributed by atoms with Crippen molar-refractivity contribution in [2.24, 2.45) is 5.92 Å². The van der Waals surface area contributed by atoms with Crippen molar-refractivity contribution in [3.05, 3.63) is 0 Å². The zero-order chi connectivity index (χ0) is 13.9. The Morgan fingerprint density at radius 3 is 2.05 bits per heavy atom. The summed E-state index contributed by atoms with van der Waals surface area (Å²) in [6.07, 6.45) is 5.53. The molecule has 3 saturated heterocycles. The van der Waals surface area contributed by atoms with E-state index in [4.69, 9.17) is 4.74 Å². The van der Waals surface area contributed by atoms with E-state index in [-0.39, 0.29) is 17.9 Å². The molecule has 20 heavy (non-hydrogen) atoms. The van der Waals surface area contributed by atoms with Crippen molar-refractivity contribution < 1.29 is 14.3 Å². The number of carbonyl (C=O) groups is 2. The highest BCUT2D eigenvalue weighted by Crippen LogP contribution is 2.24. The van der Waals surface area contributed by atoms with Crippen LogP contribution in [0.1, 0.15) is 38.5 Å². The molecule has 3 aliphatic heterocycles. The Balaban J connectivity index is 1.48. The summed E-state index contributed by atoms with van der Waals surface area (Å²) in [7, 11) is 0. The minimum atomic E-state index is -0.221. The number of carbonyl (C=O) groups excluding carboxylic acids is 2. The summed E-state index contributed by atoms with van der Waals surface area (Å²) >= 11 is 0. The summed E-state index contributed by atoms with van der Waals surface area (Å²) < 4.78 is 5.46. The third-order valence-electron chi connectivity index (χ3n) is 4.78. The van der Waals surface area contributed by atoms with Crippen LogP contribution in [0.25, 0.3) is 0 Å². The molecule has 0 bridgehead atoms. The van der Waals surface area contributed by atoms with Crippen LogP contribution in [-0.4, -0.2) is 60.5 Å². The number of ether oxygens (including phenoxy) is 1. The van der Waals surface area contributed by atoms with Crippen LogP contribution in [0.4, 0.5) is 0 Å². The van der Waals surface area contributed by atoms with Gasteiger partial charge in [0.05, 0.1) is 0 Å². The Labute approximate surface area is 120 Å². The molecule has 3 aliphatic rings. The van der Waals surface area contributed by atoms with Crippen LogP contribution in [0.2, 0.25) is 0 Å². The maximum atomic E-state index is 12.3. The summed E-state index contributed by atoms with van der Waals surface area (Å²) in [6.45, 7) is 3.98. The standard InChI is InChI=1S/C15H24N2O3/c18-14(16-7-1-2-8-16)12-5-9-17(10-6-12)15(19)13-4-3-11-20-13/h12-13H,1-11H2. The number of amides is 2. The Hall–Kier alpha value is -1.10. The lowest BCUT2D eigenvalue weighted by atomic mass is 9.95. The van der Waals surface area contributed by atoms with Gasteiger partial charge in [0.1, 0.15) is 6.10 Å². The van der Waals surface area contributed by atoms with Gasteiger partial charge in [-0.2, -0.15) is 0 Å². The van der Waals surface area contributed by atoms with Crippen molar-refractivity contribution in [1.29, 1.82) is 0 Å². The summed E-state index contributed by atoms with van der Waals surface area (Å²) in [6, 6.07) is 0. The number of hydrogen-bond acceptors (Lipinski definition) is 3. The fourth-order valence-electron chi connectivity index (χ4n) is 3.52. The summed E-state index contributed by atoms with van der Waals surface area (Å²) in [5.41, 5.74) is 0. The van der Waals surface area contributed by atoms with E-state index in [9.17, 15) is 9.59 Å². The summed E-state index contributed by atoms with van der Waals surface area (Å²) in [5.74, 6) is 0.572. The fourth-order valence-corrected chi connectivity index (χ4v) is 3.52. The first-order valence-corrected chi connectivity index (χ1v) is 7.95. The summed E-state index contributed by atoms with van der Waals surface area (Å²) in [5, 5.41) is 0. The second-order valence-electron chi connectivity index (χ2n) is 6.13. The van der Waals surface area contributed by atoms with Crippen LogP contribution in [0, 0.1) is 5.92 Å². The molecule has 112 valence electrons. The molecule has 0 radical (unpaired) electrons. The van der Waals surface area contributed by atoms with Crippen molar-refractivity contribution in [3.63, 3.8) is 0 Å². The number of likely N-dealkylation sites (tertiary alicyclic amines) is 2. The van der Waals surface area contributed by atoms with E-state index in [1.165, 1.54) is 0 Å². The number of rotatable bonds is 2. The number of piperidine rings is 1. The zero-order valence-electron chi connectivity index (χ0n) is 12.1. The molecule has 0 aliphatic carbocycles. The highest BCUT2D eigenvalue weighted by Gasteiger charge is 2.34. The molecular weight excluding hydrogens is 256 g/mol. The van der Waals surface area contributed by atoms with Crippen molar-refractivity contribution >= 4 is 11.8 Å². The minimum absolute atomic E-state index is 0.127. The number of hydrogen-bond donors (Lipinski definition) is 0. The lowest BCUT2D eigenvalue weighted by molar-refractivity contribution is -0.145. The van der Waals surface area contributed by atoms with Crippen LogP contribution < -0.4 is 0 Å². The lowest BCUT2D eigenvalue weighted by Crippen LogP contribution is -2.46. The number of nitrogens with zero attached hydrogens (tertiary/aromatic N) is 2. The highest BCUT2D eigenvalue weighted by atomic mass is 16.5. The van der Waals surface area contributed by atoms with Crippen LogP contribution in [0.5, 0.6) is 0 Å². The predicted molar refractivity (Wildman–Crippen MR) is 74.1 cm³/mol. The fraction of sp³-hybridized carbons (Fsp3) is 0.867. The third-order valence-corrected chi connectivity index (χ3v) is 4.78. The Morgan fingerprint density at radius 2 is 1.45 bits per heavy atom. The molecule has 0 aromatic rings. The first-order chi connectivity index (χ1) is 9.75. The smallest absolute Gasteiger partial charge is 0.251 e. The van der Waals surface area contributed by atoms with E-state index in [2.05, 4.69) is 0 Å². The molecule has 1 unspecified atom stereocenters. The average Bonchev–Trinajstić information content (AvgIpc) is 3.18. The van der Waals surface area contributed by atoms with Crippen LogP contribution in [0.3, 0.4) is 0 Å². The van der Waals surface area contributed by atoms with Gasteiger partial charge in [-0.25, -0.2) is 0 Å². The minimum Gasteiger partial charge on any atom is -0.368 e. The van der Waals surface area contributed by atoms with E-state index in [1.54, 1.807) is 0 Å².